The van der Waals surface area contributed by atoms with Crippen molar-refractivity contribution in [2.75, 3.05) is 0 Å². The largest absolute Gasteiger partial charge is 0.327 e. The van der Waals surface area contributed by atoms with Gasteiger partial charge in [0.05, 0.1) is 0 Å². The van der Waals surface area contributed by atoms with Crippen molar-refractivity contribution in [1.29, 1.82) is 0 Å². The lowest BCUT2D eigenvalue weighted by atomic mass is 9.91. The Morgan fingerprint density at radius 2 is 1.70 bits per heavy atom. The van der Waals surface area contributed by atoms with E-state index >= 15 is 0 Å². The summed E-state index contributed by atoms with van der Waals surface area (Å²) in [5.41, 5.74) is 5.83. The second kappa shape index (κ2) is 1.97. The molecule has 2 unspecified atom stereocenters. The Kier molecular flexibility index (Phi) is 1.31. The van der Waals surface area contributed by atoms with Gasteiger partial charge in [-0.25, -0.2) is 0 Å². The molecule has 2 fully saturated rings. The molecule has 2 aliphatic carbocycles. The highest BCUT2D eigenvalue weighted by molar-refractivity contribution is 5.07. The van der Waals surface area contributed by atoms with Crippen molar-refractivity contribution in [1.82, 2.24) is 0 Å². The molecular formula is C9H17N. The molecule has 2 rings (SSSR count). The van der Waals surface area contributed by atoms with Crippen LogP contribution in [0.25, 0.3) is 0 Å². The van der Waals surface area contributed by atoms with Crippen LogP contribution in [0.2, 0.25) is 0 Å². The molecule has 0 aliphatic heterocycles. The van der Waals surface area contributed by atoms with E-state index in [-0.39, 0.29) is 0 Å². The minimum atomic E-state index is 0.593. The monoisotopic (exact) mass is 139 g/mol. The van der Waals surface area contributed by atoms with E-state index in [1.165, 1.54) is 12.8 Å². The van der Waals surface area contributed by atoms with Crippen LogP contribution in [0.4, 0.5) is 0 Å². The molecule has 2 N–H and O–H groups in total. The summed E-state index contributed by atoms with van der Waals surface area (Å²) >= 11 is 0. The van der Waals surface area contributed by atoms with Crippen molar-refractivity contribution in [3.05, 3.63) is 0 Å². The minimum absolute atomic E-state index is 0.593. The van der Waals surface area contributed by atoms with Crippen molar-refractivity contribution < 1.29 is 0 Å². The number of hydrogen-bond donors (Lipinski definition) is 1. The first-order valence-corrected chi connectivity index (χ1v) is 4.45. The highest BCUT2D eigenvalue weighted by Gasteiger charge is 2.54. The first kappa shape index (κ1) is 6.66. The van der Waals surface area contributed by atoms with Crippen molar-refractivity contribution in [2.24, 2.45) is 29.4 Å². The highest BCUT2D eigenvalue weighted by atomic mass is 14.8. The highest BCUT2D eigenvalue weighted by Crippen LogP contribution is 2.54. The smallest absolute Gasteiger partial charge is 0.0102 e. The second-order valence-corrected chi connectivity index (χ2v) is 4.38. The molecule has 4 atom stereocenters. The Labute approximate surface area is 63.0 Å². The van der Waals surface area contributed by atoms with Crippen LogP contribution in [0, 0.1) is 23.7 Å². The molecule has 2 saturated carbocycles. The topological polar surface area (TPSA) is 26.0 Å². The van der Waals surface area contributed by atoms with Gasteiger partial charge in [0.15, 0.2) is 0 Å². The van der Waals surface area contributed by atoms with E-state index in [1.54, 1.807) is 0 Å². The lowest BCUT2D eigenvalue weighted by molar-refractivity contribution is 0.354. The predicted octanol–water partition coefficient (Wildman–Crippen LogP) is 1.63. The fraction of sp³-hybridized carbons (Fsp3) is 1.00. The molecule has 0 bridgehead atoms. The first-order valence-electron chi connectivity index (χ1n) is 4.45. The summed E-state index contributed by atoms with van der Waals surface area (Å²) in [6.07, 6.45) is 2.84. The van der Waals surface area contributed by atoms with E-state index in [9.17, 15) is 0 Å². The van der Waals surface area contributed by atoms with Gasteiger partial charge in [0.2, 0.25) is 0 Å². The van der Waals surface area contributed by atoms with Gasteiger partial charge < -0.3 is 5.73 Å². The summed E-state index contributed by atoms with van der Waals surface area (Å²) in [5, 5.41) is 0. The molecule has 0 aromatic heterocycles. The maximum absolute atomic E-state index is 5.83. The third-order valence-corrected chi connectivity index (χ3v) is 3.49. The molecule has 1 nitrogen and oxygen atoms in total. The zero-order valence-corrected chi connectivity index (χ0v) is 6.88. The van der Waals surface area contributed by atoms with Gasteiger partial charge in [0.25, 0.3) is 0 Å². The van der Waals surface area contributed by atoms with Crippen LogP contribution in [-0.4, -0.2) is 6.04 Å². The standard InChI is InChI=1S/C9H17N/c1-5(2)6-3-7-8(4-6)9(7)10/h5-9H,3-4,10H2,1-2H3/t6?,7-,8+,9?. The van der Waals surface area contributed by atoms with Gasteiger partial charge in [0, 0.05) is 6.04 Å². The van der Waals surface area contributed by atoms with E-state index in [1.807, 2.05) is 0 Å². The van der Waals surface area contributed by atoms with Crippen molar-refractivity contribution in [3.8, 4) is 0 Å². The molecule has 0 aromatic rings. The molecule has 0 saturated heterocycles. The Bertz CT molecular complexity index is 130. The Balaban J connectivity index is 1.89. The van der Waals surface area contributed by atoms with Crippen molar-refractivity contribution in [3.63, 3.8) is 0 Å². The predicted molar refractivity (Wildman–Crippen MR) is 42.5 cm³/mol. The third-order valence-electron chi connectivity index (χ3n) is 3.49. The summed E-state index contributed by atoms with van der Waals surface area (Å²) in [5.74, 6) is 3.73. The minimum Gasteiger partial charge on any atom is -0.327 e. The van der Waals surface area contributed by atoms with Gasteiger partial charge in [-0.05, 0) is 36.5 Å². The molecule has 1 heteroatoms. The van der Waals surface area contributed by atoms with E-state index in [4.69, 9.17) is 5.73 Å². The number of fused-ring (bicyclic) bond motifs is 1. The molecule has 58 valence electrons. The van der Waals surface area contributed by atoms with Gasteiger partial charge in [-0.15, -0.1) is 0 Å². The Morgan fingerprint density at radius 1 is 1.20 bits per heavy atom. The lowest BCUT2D eigenvalue weighted by Crippen LogP contribution is -2.14. The van der Waals surface area contributed by atoms with Crippen LogP contribution in [0.5, 0.6) is 0 Å². The van der Waals surface area contributed by atoms with Gasteiger partial charge in [-0.3, -0.25) is 0 Å². The molecule has 0 radical (unpaired) electrons. The van der Waals surface area contributed by atoms with E-state index in [0.29, 0.717) is 6.04 Å². The molecule has 0 amide bonds. The summed E-state index contributed by atoms with van der Waals surface area (Å²) in [4.78, 5) is 0. The SMILES string of the molecule is CC(C)C1C[C@@H]2C(N)[C@@H]2C1. The van der Waals surface area contributed by atoms with Crippen LogP contribution in [-0.2, 0) is 0 Å². The molecular weight excluding hydrogens is 122 g/mol. The summed E-state index contributed by atoms with van der Waals surface area (Å²) in [6, 6.07) is 0.593. The van der Waals surface area contributed by atoms with Crippen LogP contribution in [0.3, 0.4) is 0 Å². The van der Waals surface area contributed by atoms with Gasteiger partial charge >= 0.3 is 0 Å². The van der Waals surface area contributed by atoms with Gasteiger partial charge in [-0.2, -0.15) is 0 Å². The average Bonchev–Trinajstić information content (AvgIpc) is 2.38. The maximum Gasteiger partial charge on any atom is 0.0102 e. The molecule has 0 spiro atoms. The van der Waals surface area contributed by atoms with E-state index < -0.39 is 0 Å². The molecule has 0 aromatic carbocycles. The lowest BCUT2D eigenvalue weighted by Gasteiger charge is -2.16. The van der Waals surface area contributed by atoms with Crippen LogP contribution < -0.4 is 5.73 Å². The quantitative estimate of drug-likeness (QED) is 0.587. The van der Waals surface area contributed by atoms with Crippen LogP contribution in [0.1, 0.15) is 26.7 Å². The maximum atomic E-state index is 5.83. The van der Waals surface area contributed by atoms with Gasteiger partial charge in [0.1, 0.15) is 0 Å². The second-order valence-electron chi connectivity index (χ2n) is 4.38. The molecule has 0 heterocycles. The first-order chi connectivity index (χ1) is 4.70. The third kappa shape index (κ3) is 0.800. The fourth-order valence-electron chi connectivity index (χ4n) is 2.48. The number of nitrogens with two attached hydrogens (primary N) is 1. The molecule has 10 heavy (non-hydrogen) atoms. The average molecular weight is 139 g/mol. The number of rotatable bonds is 1. The number of hydrogen-bond acceptors (Lipinski definition) is 1. The molecule has 2 aliphatic rings. The zero-order valence-electron chi connectivity index (χ0n) is 6.88. The fourth-order valence-corrected chi connectivity index (χ4v) is 2.48. The van der Waals surface area contributed by atoms with E-state index in [0.717, 1.165) is 23.7 Å². The van der Waals surface area contributed by atoms with Crippen LogP contribution in [0.15, 0.2) is 0 Å². The summed E-state index contributed by atoms with van der Waals surface area (Å²) in [6.45, 7) is 4.67. The Hall–Kier alpha value is -0.0400. The summed E-state index contributed by atoms with van der Waals surface area (Å²) < 4.78 is 0. The Morgan fingerprint density at radius 3 is 2.10 bits per heavy atom. The van der Waals surface area contributed by atoms with Gasteiger partial charge in [-0.1, -0.05) is 13.8 Å². The van der Waals surface area contributed by atoms with Crippen molar-refractivity contribution in [2.45, 2.75) is 32.7 Å². The van der Waals surface area contributed by atoms with E-state index in [2.05, 4.69) is 13.8 Å². The zero-order chi connectivity index (χ0) is 7.30. The summed E-state index contributed by atoms with van der Waals surface area (Å²) in [7, 11) is 0. The van der Waals surface area contributed by atoms with Crippen molar-refractivity contribution >= 4 is 0 Å². The van der Waals surface area contributed by atoms with Crippen LogP contribution >= 0.6 is 0 Å². The normalized spacial score (nSPS) is 51.6.